The maximum atomic E-state index is 5.72. The van der Waals surface area contributed by atoms with Gasteiger partial charge in [-0.25, -0.2) is 0 Å². The summed E-state index contributed by atoms with van der Waals surface area (Å²) in [6, 6.07) is 0. The van der Waals surface area contributed by atoms with Gasteiger partial charge < -0.3 is 5.73 Å². The highest BCUT2D eigenvalue weighted by atomic mass is 14.7. The Labute approximate surface area is 75.7 Å². The van der Waals surface area contributed by atoms with Crippen molar-refractivity contribution in [2.24, 2.45) is 23.0 Å². The molecule has 1 heteroatoms. The zero-order chi connectivity index (χ0) is 8.60. The maximum absolute atomic E-state index is 5.72. The van der Waals surface area contributed by atoms with Gasteiger partial charge in [-0.15, -0.1) is 0 Å². The maximum Gasteiger partial charge on any atom is -0.00433 e. The molecule has 2 aliphatic carbocycles. The van der Waals surface area contributed by atoms with Crippen molar-refractivity contribution in [1.82, 2.24) is 0 Å². The topological polar surface area (TPSA) is 26.0 Å². The van der Waals surface area contributed by atoms with Crippen LogP contribution in [0.4, 0.5) is 0 Å². The zero-order valence-electron chi connectivity index (χ0n) is 8.18. The summed E-state index contributed by atoms with van der Waals surface area (Å²) in [6.07, 6.45) is 8.78. The van der Waals surface area contributed by atoms with Crippen LogP contribution in [0, 0.1) is 17.3 Å². The van der Waals surface area contributed by atoms with E-state index >= 15 is 0 Å². The van der Waals surface area contributed by atoms with E-state index in [4.69, 9.17) is 5.73 Å². The van der Waals surface area contributed by atoms with Crippen LogP contribution in [0.1, 0.15) is 45.4 Å². The minimum Gasteiger partial charge on any atom is -0.330 e. The molecule has 2 saturated carbocycles. The molecule has 70 valence electrons. The molecule has 0 aromatic rings. The molecule has 0 aliphatic heterocycles. The second kappa shape index (κ2) is 3.02. The van der Waals surface area contributed by atoms with Gasteiger partial charge in [-0.2, -0.15) is 0 Å². The fourth-order valence-electron chi connectivity index (χ4n) is 3.09. The Balaban J connectivity index is 1.91. The predicted molar refractivity (Wildman–Crippen MR) is 51.8 cm³/mol. The van der Waals surface area contributed by atoms with Crippen molar-refractivity contribution in [2.45, 2.75) is 45.4 Å². The molecular formula is C11H21N. The van der Waals surface area contributed by atoms with Gasteiger partial charge in [0, 0.05) is 0 Å². The van der Waals surface area contributed by atoms with Crippen LogP contribution in [0.25, 0.3) is 0 Å². The lowest BCUT2D eigenvalue weighted by atomic mass is 9.77. The molecule has 0 heterocycles. The van der Waals surface area contributed by atoms with Crippen LogP contribution in [0.5, 0.6) is 0 Å². The molecule has 0 saturated heterocycles. The predicted octanol–water partition coefficient (Wildman–Crippen LogP) is 2.55. The molecule has 12 heavy (non-hydrogen) atoms. The fourth-order valence-corrected chi connectivity index (χ4v) is 3.09. The third-order valence-electron chi connectivity index (χ3n) is 4.28. The molecule has 0 amide bonds. The van der Waals surface area contributed by atoms with E-state index < -0.39 is 0 Å². The SMILES string of the molecule is CC1(C2CCCCC2)CC1CN. The molecule has 2 rings (SSSR count). The molecule has 1 nitrogen and oxygen atoms in total. The van der Waals surface area contributed by atoms with Crippen LogP contribution in [0.15, 0.2) is 0 Å². The standard InChI is InChI=1S/C11H21N/c1-11(7-10(11)8-12)9-5-3-2-4-6-9/h9-10H,2-8,12H2,1H3. The van der Waals surface area contributed by atoms with E-state index in [2.05, 4.69) is 6.92 Å². The van der Waals surface area contributed by atoms with E-state index in [1.807, 2.05) is 0 Å². The van der Waals surface area contributed by atoms with Crippen molar-refractivity contribution >= 4 is 0 Å². The van der Waals surface area contributed by atoms with Crippen LogP contribution in [0.3, 0.4) is 0 Å². The van der Waals surface area contributed by atoms with Crippen molar-refractivity contribution in [3.63, 3.8) is 0 Å². The minimum atomic E-state index is 0.662. The first kappa shape index (κ1) is 8.55. The quantitative estimate of drug-likeness (QED) is 0.672. The Hall–Kier alpha value is -0.0400. The molecule has 2 atom stereocenters. The lowest BCUT2D eigenvalue weighted by molar-refractivity contribution is 0.228. The van der Waals surface area contributed by atoms with Gasteiger partial charge >= 0.3 is 0 Å². The average molecular weight is 167 g/mol. The van der Waals surface area contributed by atoms with Gasteiger partial charge in [0.1, 0.15) is 0 Å². The zero-order valence-corrected chi connectivity index (χ0v) is 8.18. The number of hydrogen-bond donors (Lipinski definition) is 1. The highest BCUT2D eigenvalue weighted by Gasteiger charge is 2.53. The highest BCUT2D eigenvalue weighted by Crippen LogP contribution is 2.60. The summed E-state index contributed by atoms with van der Waals surface area (Å²) in [7, 11) is 0. The van der Waals surface area contributed by atoms with Crippen molar-refractivity contribution in [1.29, 1.82) is 0 Å². The number of hydrogen-bond acceptors (Lipinski definition) is 1. The first-order chi connectivity index (χ1) is 5.77. The van der Waals surface area contributed by atoms with Gasteiger partial charge in [-0.1, -0.05) is 26.2 Å². The largest absolute Gasteiger partial charge is 0.330 e. The lowest BCUT2D eigenvalue weighted by Crippen LogP contribution is -2.20. The van der Waals surface area contributed by atoms with E-state index in [1.165, 1.54) is 38.5 Å². The molecular weight excluding hydrogens is 146 g/mol. The molecule has 0 aromatic carbocycles. The summed E-state index contributed by atoms with van der Waals surface area (Å²) >= 11 is 0. The first-order valence-corrected chi connectivity index (χ1v) is 5.47. The fraction of sp³-hybridized carbons (Fsp3) is 1.00. The molecule has 0 bridgehead atoms. The summed E-state index contributed by atoms with van der Waals surface area (Å²) in [5.41, 5.74) is 6.38. The van der Waals surface area contributed by atoms with Crippen molar-refractivity contribution in [3.05, 3.63) is 0 Å². The van der Waals surface area contributed by atoms with Crippen molar-refractivity contribution < 1.29 is 0 Å². The number of rotatable bonds is 2. The molecule has 2 N–H and O–H groups in total. The molecule has 2 aliphatic rings. The summed E-state index contributed by atoms with van der Waals surface area (Å²) in [4.78, 5) is 0. The van der Waals surface area contributed by atoms with Crippen LogP contribution in [-0.4, -0.2) is 6.54 Å². The highest BCUT2D eigenvalue weighted by molar-refractivity contribution is 5.03. The Morgan fingerprint density at radius 3 is 2.42 bits per heavy atom. The Morgan fingerprint density at radius 1 is 1.25 bits per heavy atom. The van der Waals surface area contributed by atoms with Crippen LogP contribution >= 0.6 is 0 Å². The van der Waals surface area contributed by atoms with E-state index in [-0.39, 0.29) is 0 Å². The van der Waals surface area contributed by atoms with E-state index in [9.17, 15) is 0 Å². The molecule has 2 fully saturated rings. The third kappa shape index (κ3) is 1.28. The van der Waals surface area contributed by atoms with Crippen LogP contribution in [-0.2, 0) is 0 Å². The normalized spacial score (nSPS) is 43.0. The summed E-state index contributed by atoms with van der Waals surface area (Å²) < 4.78 is 0. The Morgan fingerprint density at radius 2 is 1.92 bits per heavy atom. The van der Waals surface area contributed by atoms with Gasteiger partial charge in [0.05, 0.1) is 0 Å². The summed E-state index contributed by atoms with van der Waals surface area (Å²) in [5.74, 6) is 1.88. The van der Waals surface area contributed by atoms with Crippen LogP contribution < -0.4 is 5.73 Å². The molecule has 0 radical (unpaired) electrons. The first-order valence-electron chi connectivity index (χ1n) is 5.47. The Bertz CT molecular complexity index is 160. The van der Waals surface area contributed by atoms with Crippen LogP contribution in [0.2, 0.25) is 0 Å². The molecule has 0 spiro atoms. The van der Waals surface area contributed by atoms with Gasteiger partial charge in [0.2, 0.25) is 0 Å². The van der Waals surface area contributed by atoms with E-state index in [1.54, 1.807) is 0 Å². The van der Waals surface area contributed by atoms with E-state index in [0.717, 1.165) is 18.4 Å². The number of nitrogens with two attached hydrogens (primary N) is 1. The molecule has 0 aromatic heterocycles. The third-order valence-corrected chi connectivity index (χ3v) is 4.28. The van der Waals surface area contributed by atoms with Gasteiger partial charge in [-0.05, 0) is 43.1 Å². The van der Waals surface area contributed by atoms with Crippen molar-refractivity contribution in [3.8, 4) is 0 Å². The van der Waals surface area contributed by atoms with Gasteiger partial charge in [0.25, 0.3) is 0 Å². The monoisotopic (exact) mass is 167 g/mol. The van der Waals surface area contributed by atoms with E-state index in [0.29, 0.717) is 5.41 Å². The lowest BCUT2D eigenvalue weighted by Gasteiger charge is -2.28. The second-order valence-corrected chi connectivity index (χ2v) is 4.98. The van der Waals surface area contributed by atoms with Crippen molar-refractivity contribution in [2.75, 3.05) is 6.54 Å². The average Bonchev–Trinajstić information content (AvgIpc) is 2.81. The minimum absolute atomic E-state index is 0.662. The summed E-state index contributed by atoms with van der Waals surface area (Å²) in [6.45, 7) is 3.38. The van der Waals surface area contributed by atoms with Gasteiger partial charge in [0.15, 0.2) is 0 Å². The second-order valence-electron chi connectivity index (χ2n) is 4.98. The van der Waals surface area contributed by atoms with Gasteiger partial charge in [-0.3, -0.25) is 0 Å². The molecule has 2 unspecified atom stereocenters. The smallest absolute Gasteiger partial charge is 0.00433 e. The Kier molecular flexibility index (Phi) is 2.16. The summed E-state index contributed by atoms with van der Waals surface area (Å²) in [5, 5.41) is 0.